The number of ether oxygens (including phenoxy) is 2. The summed E-state index contributed by atoms with van der Waals surface area (Å²) in [4.78, 5) is 9.80. The molecule has 1 atom stereocenters. The van der Waals surface area contributed by atoms with Crippen LogP contribution in [0.4, 0.5) is 18.9 Å². The Morgan fingerprint density at radius 3 is 2.39 bits per heavy atom. The van der Waals surface area contributed by atoms with Gasteiger partial charge in [0.25, 0.3) is 5.69 Å². The molecule has 0 aliphatic carbocycles. The summed E-state index contributed by atoms with van der Waals surface area (Å²) in [6, 6.07) is -0.686. The number of nitro benzene ring substituents is 1. The Labute approximate surface area is 98.2 Å². The van der Waals surface area contributed by atoms with E-state index in [9.17, 15) is 23.3 Å². The van der Waals surface area contributed by atoms with Gasteiger partial charge in [-0.05, 0) is 6.07 Å². The quantitative estimate of drug-likeness (QED) is 0.650. The lowest BCUT2D eigenvalue weighted by molar-refractivity contribution is -0.386. The molecule has 0 unspecified atom stereocenters. The molecule has 0 amide bonds. The van der Waals surface area contributed by atoms with E-state index in [1.807, 2.05) is 0 Å². The van der Waals surface area contributed by atoms with Crippen LogP contribution in [0, 0.1) is 10.1 Å². The molecule has 0 saturated heterocycles. The lowest BCUT2D eigenvalue weighted by atomic mass is 10.0. The molecule has 9 heteroatoms. The Morgan fingerprint density at radius 1 is 1.33 bits per heavy atom. The van der Waals surface area contributed by atoms with Crippen LogP contribution >= 0.6 is 0 Å². The fourth-order valence-corrected chi connectivity index (χ4v) is 1.53. The van der Waals surface area contributed by atoms with Crippen LogP contribution < -0.4 is 15.2 Å². The number of nitrogens with two attached hydrogens (primary N) is 1. The van der Waals surface area contributed by atoms with Crippen LogP contribution in [0.15, 0.2) is 12.1 Å². The van der Waals surface area contributed by atoms with Crippen molar-refractivity contribution in [2.75, 3.05) is 6.79 Å². The van der Waals surface area contributed by atoms with E-state index in [1.54, 1.807) is 0 Å². The average Bonchev–Trinajstić information content (AvgIpc) is 2.71. The highest BCUT2D eigenvalue weighted by atomic mass is 19.4. The fraction of sp³-hybridized carbons (Fsp3) is 0.333. The second-order valence-corrected chi connectivity index (χ2v) is 3.54. The largest absolute Gasteiger partial charge is 0.454 e. The van der Waals surface area contributed by atoms with Gasteiger partial charge in [-0.1, -0.05) is 0 Å². The van der Waals surface area contributed by atoms with Crippen molar-refractivity contribution in [3.05, 3.63) is 27.8 Å². The summed E-state index contributed by atoms with van der Waals surface area (Å²) in [6.45, 7) is -0.197. The number of rotatable bonds is 2. The van der Waals surface area contributed by atoms with Gasteiger partial charge < -0.3 is 15.2 Å². The van der Waals surface area contributed by atoms with E-state index in [4.69, 9.17) is 15.2 Å². The molecule has 1 aromatic carbocycles. The van der Waals surface area contributed by atoms with Crippen molar-refractivity contribution in [2.24, 2.45) is 5.73 Å². The Kier molecular flexibility index (Phi) is 2.77. The molecule has 18 heavy (non-hydrogen) atoms. The van der Waals surface area contributed by atoms with Crippen molar-refractivity contribution < 1.29 is 27.6 Å². The summed E-state index contributed by atoms with van der Waals surface area (Å²) in [5, 5.41) is 10.7. The van der Waals surface area contributed by atoms with Gasteiger partial charge in [0.05, 0.1) is 16.6 Å². The minimum absolute atomic E-state index is 0.00954. The van der Waals surface area contributed by atoms with Crippen LogP contribution in [0.2, 0.25) is 0 Å². The van der Waals surface area contributed by atoms with E-state index in [1.165, 1.54) is 0 Å². The van der Waals surface area contributed by atoms with Crippen molar-refractivity contribution in [1.82, 2.24) is 0 Å². The fourth-order valence-electron chi connectivity index (χ4n) is 1.53. The third kappa shape index (κ3) is 2.04. The summed E-state index contributed by atoms with van der Waals surface area (Å²) in [5.41, 5.74) is 3.58. The third-order valence-corrected chi connectivity index (χ3v) is 2.41. The smallest absolute Gasteiger partial charge is 0.407 e. The van der Waals surface area contributed by atoms with E-state index in [2.05, 4.69) is 0 Å². The summed E-state index contributed by atoms with van der Waals surface area (Å²) >= 11 is 0. The van der Waals surface area contributed by atoms with Gasteiger partial charge in [0.2, 0.25) is 6.79 Å². The molecule has 1 aliphatic heterocycles. The van der Waals surface area contributed by atoms with Crippen molar-refractivity contribution in [3.8, 4) is 11.5 Å². The lowest BCUT2D eigenvalue weighted by Crippen LogP contribution is -2.29. The SMILES string of the molecule is N[C@H](c1cc2c(cc1[N+](=O)[O-])OCO2)C(F)(F)F. The third-order valence-electron chi connectivity index (χ3n) is 2.41. The number of alkyl halides is 3. The van der Waals surface area contributed by atoms with Crippen LogP contribution in [0.1, 0.15) is 11.6 Å². The summed E-state index contributed by atoms with van der Waals surface area (Å²) in [6.07, 6.45) is -4.78. The predicted molar refractivity (Wildman–Crippen MR) is 52.2 cm³/mol. The second-order valence-electron chi connectivity index (χ2n) is 3.54. The van der Waals surface area contributed by atoms with Crippen LogP contribution in [-0.2, 0) is 0 Å². The van der Waals surface area contributed by atoms with Crippen molar-refractivity contribution in [1.29, 1.82) is 0 Å². The molecular formula is C9H7F3N2O4. The zero-order valence-corrected chi connectivity index (χ0v) is 8.73. The number of hydrogen-bond acceptors (Lipinski definition) is 5. The molecule has 2 rings (SSSR count). The Balaban J connectivity index is 2.55. The van der Waals surface area contributed by atoms with Gasteiger partial charge in [-0.15, -0.1) is 0 Å². The maximum Gasteiger partial charge on any atom is 0.407 e. The maximum absolute atomic E-state index is 12.5. The Bertz CT molecular complexity index is 503. The Hall–Kier alpha value is -2.03. The van der Waals surface area contributed by atoms with Gasteiger partial charge in [0, 0.05) is 0 Å². The van der Waals surface area contributed by atoms with Gasteiger partial charge in [-0.2, -0.15) is 13.2 Å². The molecule has 0 aromatic heterocycles. The first-order valence-corrected chi connectivity index (χ1v) is 4.71. The highest BCUT2D eigenvalue weighted by molar-refractivity contribution is 5.56. The molecule has 1 aliphatic rings. The normalized spacial score (nSPS) is 15.6. The van der Waals surface area contributed by atoms with E-state index in [0.717, 1.165) is 12.1 Å². The zero-order valence-electron chi connectivity index (χ0n) is 8.73. The first-order valence-electron chi connectivity index (χ1n) is 4.71. The molecule has 0 spiro atoms. The lowest BCUT2D eigenvalue weighted by Gasteiger charge is -2.16. The number of halogens is 3. The first-order chi connectivity index (χ1) is 8.30. The maximum atomic E-state index is 12.5. The van der Waals surface area contributed by atoms with Gasteiger partial charge >= 0.3 is 6.18 Å². The van der Waals surface area contributed by atoms with Crippen molar-refractivity contribution in [2.45, 2.75) is 12.2 Å². The van der Waals surface area contributed by atoms with Gasteiger partial charge in [0.15, 0.2) is 11.5 Å². The second kappa shape index (κ2) is 4.02. The van der Waals surface area contributed by atoms with E-state index < -0.39 is 28.4 Å². The molecule has 6 nitrogen and oxygen atoms in total. The number of benzene rings is 1. The monoisotopic (exact) mass is 264 g/mol. The number of fused-ring (bicyclic) bond motifs is 1. The molecule has 0 fully saturated rings. The molecule has 0 saturated carbocycles. The first kappa shape index (κ1) is 12.4. The standard InChI is InChI=1S/C9H7F3N2O4/c10-9(11,12)8(13)4-1-6-7(18-3-17-6)2-5(4)14(15)16/h1-2,8H,3,13H2/t8-/m1/s1. The van der Waals surface area contributed by atoms with E-state index in [-0.39, 0.29) is 18.3 Å². The molecule has 1 heterocycles. The minimum Gasteiger partial charge on any atom is -0.454 e. The van der Waals surface area contributed by atoms with E-state index in [0.29, 0.717) is 0 Å². The predicted octanol–water partition coefficient (Wildman–Crippen LogP) is 1.89. The average molecular weight is 264 g/mol. The zero-order chi connectivity index (χ0) is 13.5. The Morgan fingerprint density at radius 2 is 1.89 bits per heavy atom. The topological polar surface area (TPSA) is 87.6 Å². The number of hydrogen-bond donors (Lipinski definition) is 1. The van der Waals surface area contributed by atoms with Crippen LogP contribution in [0.5, 0.6) is 11.5 Å². The van der Waals surface area contributed by atoms with Crippen molar-refractivity contribution >= 4 is 5.69 Å². The number of nitrogens with zero attached hydrogens (tertiary/aromatic N) is 1. The molecule has 1 aromatic rings. The highest BCUT2D eigenvalue weighted by Crippen LogP contribution is 2.43. The van der Waals surface area contributed by atoms with Gasteiger partial charge in [-0.25, -0.2) is 0 Å². The summed E-state index contributed by atoms with van der Waals surface area (Å²) in [5.74, 6) is 0.0372. The summed E-state index contributed by atoms with van der Waals surface area (Å²) in [7, 11) is 0. The highest BCUT2D eigenvalue weighted by Gasteiger charge is 2.42. The minimum atomic E-state index is -4.78. The van der Waals surface area contributed by atoms with Crippen LogP contribution in [-0.4, -0.2) is 17.9 Å². The van der Waals surface area contributed by atoms with Gasteiger partial charge in [0.1, 0.15) is 6.04 Å². The molecule has 0 radical (unpaired) electrons. The molecule has 2 N–H and O–H groups in total. The van der Waals surface area contributed by atoms with Crippen LogP contribution in [0.3, 0.4) is 0 Å². The van der Waals surface area contributed by atoms with Crippen LogP contribution in [0.25, 0.3) is 0 Å². The summed E-state index contributed by atoms with van der Waals surface area (Å²) < 4.78 is 47.3. The van der Waals surface area contributed by atoms with Gasteiger partial charge in [-0.3, -0.25) is 10.1 Å². The van der Waals surface area contributed by atoms with E-state index >= 15 is 0 Å². The molecule has 0 bridgehead atoms. The van der Waals surface area contributed by atoms with Crippen molar-refractivity contribution in [3.63, 3.8) is 0 Å². The number of nitro groups is 1. The molecular weight excluding hydrogens is 257 g/mol. The molecule has 98 valence electrons.